The van der Waals surface area contributed by atoms with Gasteiger partial charge in [0.25, 0.3) is 0 Å². The third-order valence-electron chi connectivity index (χ3n) is 4.93. The number of aliphatic imine (C=N–C) groups is 1. The van der Waals surface area contributed by atoms with E-state index in [9.17, 15) is 22.4 Å². The average Bonchev–Trinajstić information content (AvgIpc) is 2.90. The number of alkyl halides is 3. The van der Waals surface area contributed by atoms with Gasteiger partial charge in [-0.15, -0.1) is 0 Å². The van der Waals surface area contributed by atoms with Gasteiger partial charge in [0.1, 0.15) is 17.1 Å². The zero-order valence-corrected chi connectivity index (χ0v) is 18.2. The molecule has 10 heteroatoms. The van der Waals surface area contributed by atoms with Gasteiger partial charge >= 0.3 is 6.18 Å². The number of Topliss-reactive ketones (excluding diaryl/α,β-unsaturated/α-hetero) is 1. The predicted octanol–water partition coefficient (Wildman–Crippen LogP) is 5.39. The molecule has 1 atom stereocenters. The van der Waals surface area contributed by atoms with Gasteiger partial charge in [0, 0.05) is 24.6 Å². The number of ether oxygens (including phenoxy) is 2. The van der Waals surface area contributed by atoms with Gasteiger partial charge in [-0.3, -0.25) is 9.78 Å². The maximum Gasteiger partial charge on any atom is 0.417 e. The number of carbonyl (C=O) groups excluding carboxylic acids is 1. The quantitative estimate of drug-likeness (QED) is 0.432. The molecule has 0 saturated carbocycles. The topological polar surface area (TPSA) is 60.8 Å². The van der Waals surface area contributed by atoms with E-state index in [1.807, 2.05) is 6.92 Å². The number of rotatable bonds is 5. The lowest BCUT2D eigenvalue weighted by Gasteiger charge is -2.25. The van der Waals surface area contributed by atoms with E-state index in [1.165, 1.54) is 18.2 Å². The smallest absolute Gasteiger partial charge is 0.417 e. The van der Waals surface area contributed by atoms with Crippen molar-refractivity contribution in [2.24, 2.45) is 4.99 Å². The predicted molar refractivity (Wildman–Crippen MR) is 111 cm³/mol. The number of carbonyl (C=O) groups is 1. The largest absolute Gasteiger partial charge is 0.481 e. The van der Waals surface area contributed by atoms with Gasteiger partial charge < -0.3 is 9.47 Å². The molecule has 3 rings (SSSR count). The molecule has 0 unspecified atom stereocenters. The number of hydrogen-bond acceptors (Lipinski definition) is 5. The van der Waals surface area contributed by atoms with Crippen LogP contribution in [0.15, 0.2) is 35.5 Å². The lowest BCUT2D eigenvalue weighted by Crippen LogP contribution is -2.27. The maximum atomic E-state index is 14.7. The van der Waals surface area contributed by atoms with Crippen molar-refractivity contribution in [1.82, 2.24) is 4.98 Å². The molecule has 1 aromatic carbocycles. The van der Waals surface area contributed by atoms with Crippen LogP contribution in [0, 0.1) is 5.82 Å². The summed E-state index contributed by atoms with van der Waals surface area (Å²) in [4.78, 5) is 20.8. The first-order valence-corrected chi connectivity index (χ1v) is 10.3. The van der Waals surface area contributed by atoms with E-state index in [2.05, 4.69) is 9.98 Å². The Balaban J connectivity index is 1.89. The van der Waals surface area contributed by atoms with Crippen LogP contribution in [-0.4, -0.2) is 36.5 Å². The van der Waals surface area contributed by atoms with Gasteiger partial charge in [-0.25, -0.2) is 9.38 Å². The first-order valence-electron chi connectivity index (χ1n) is 9.87. The number of benzene rings is 1. The molecule has 5 nitrogen and oxygen atoms in total. The van der Waals surface area contributed by atoms with E-state index in [0.717, 1.165) is 0 Å². The molecule has 0 N–H and O–H groups in total. The summed E-state index contributed by atoms with van der Waals surface area (Å²) in [6.07, 6.45) is -3.84. The molecule has 0 aliphatic carbocycles. The third kappa shape index (κ3) is 5.45. The van der Waals surface area contributed by atoms with Crippen molar-refractivity contribution in [2.75, 3.05) is 19.8 Å². The third-order valence-corrected chi connectivity index (χ3v) is 5.22. The molecule has 32 heavy (non-hydrogen) atoms. The molecule has 2 aromatic rings. The van der Waals surface area contributed by atoms with E-state index in [4.69, 9.17) is 21.1 Å². The highest BCUT2D eigenvalue weighted by Gasteiger charge is 2.34. The summed E-state index contributed by atoms with van der Waals surface area (Å²) in [6.45, 7) is 4.43. The normalized spacial score (nSPS) is 19.3. The van der Waals surface area contributed by atoms with Crippen molar-refractivity contribution in [3.63, 3.8) is 0 Å². The van der Waals surface area contributed by atoms with Crippen molar-refractivity contribution < 1.29 is 31.8 Å². The monoisotopic (exact) mass is 472 g/mol. The SMILES string of the molecule is CCOC1=N[C@](C)(c2cc(CC(=O)c3ncc(C(F)(F)F)cc3Cl)ccc2F)COCC1. The summed E-state index contributed by atoms with van der Waals surface area (Å²) in [5.41, 5.74) is -1.76. The number of aromatic nitrogens is 1. The molecule has 0 amide bonds. The van der Waals surface area contributed by atoms with Crippen molar-refractivity contribution >= 4 is 23.3 Å². The lowest BCUT2D eigenvalue weighted by molar-refractivity contribution is -0.137. The minimum absolute atomic E-state index is 0.115. The van der Waals surface area contributed by atoms with E-state index in [-0.39, 0.29) is 24.3 Å². The Labute approximate surface area is 187 Å². The summed E-state index contributed by atoms with van der Waals surface area (Å²) in [7, 11) is 0. The van der Waals surface area contributed by atoms with Gasteiger partial charge in [0.05, 0.1) is 30.4 Å². The fourth-order valence-corrected chi connectivity index (χ4v) is 3.64. The van der Waals surface area contributed by atoms with Crippen LogP contribution in [0.2, 0.25) is 5.02 Å². The van der Waals surface area contributed by atoms with Crippen LogP contribution in [-0.2, 0) is 27.6 Å². The molecular weight excluding hydrogens is 452 g/mol. The summed E-state index contributed by atoms with van der Waals surface area (Å²) in [6, 6.07) is 4.78. The number of nitrogens with zero attached hydrogens (tertiary/aromatic N) is 2. The molecule has 172 valence electrons. The summed E-state index contributed by atoms with van der Waals surface area (Å²) in [5.74, 6) is -0.671. The Bertz CT molecular complexity index is 1040. The lowest BCUT2D eigenvalue weighted by atomic mass is 9.90. The Morgan fingerprint density at radius 3 is 2.72 bits per heavy atom. The van der Waals surface area contributed by atoms with Crippen molar-refractivity contribution in [1.29, 1.82) is 0 Å². The zero-order valence-electron chi connectivity index (χ0n) is 17.4. The van der Waals surface area contributed by atoms with E-state index in [0.29, 0.717) is 43.4 Å². The second-order valence-corrected chi connectivity index (χ2v) is 7.89. The van der Waals surface area contributed by atoms with Crippen LogP contribution in [0.5, 0.6) is 0 Å². The standard InChI is InChI=1S/C22H21ClF4N2O3/c1-3-32-19-6-7-31-12-21(2,29-19)15-8-13(4-5-17(15)24)9-18(30)20-16(23)10-14(11-28-20)22(25,26)27/h4-5,8,10-11H,3,6-7,9,12H2,1-2H3/t21-/m0/s1. The Morgan fingerprint density at radius 1 is 1.31 bits per heavy atom. The molecule has 0 spiro atoms. The van der Waals surface area contributed by atoms with Crippen LogP contribution in [0.4, 0.5) is 17.6 Å². The van der Waals surface area contributed by atoms with Crippen LogP contribution in [0.3, 0.4) is 0 Å². The van der Waals surface area contributed by atoms with Gasteiger partial charge in [0.15, 0.2) is 11.7 Å². The fourth-order valence-electron chi connectivity index (χ4n) is 3.37. The first kappa shape index (κ1) is 24.1. The number of pyridine rings is 1. The first-order chi connectivity index (χ1) is 15.0. The molecule has 0 fully saturated rings. The summed E-state index contributed by atoms with van der Waals surface area (Å²) in [5, 5.41) is -0.401. The van der Waals surface area contributed by atoms with Crippen molar-refractivity contribution in [3.8, 4) is 0 Å². The zero-order chi connectivity index (χ0) is 23.5. The van der Waals surface area contributed by atoms with E-state index < -0.39 is 33.9 Å². The van der Waals surface area contributed by atoms with Gasteiger partial charge in [0.2, 0.25) is 0 Å². The molecule has 1 aliphatic rings. The highest BCUT2D eigenvalue weighted by atomic mass is 35.5. The molecular formula is C22H21ClF4N2O3. The number of ketones is 1. The second kappa shape index (κ2) is 9.54. The Hall–Kier alpha value is -2.52. The summed E-state index contributed by atoms with van der Waals surface area (Å²) >= 11 is 5.87. The molecule has 0 saturated heterocycles. The van der Waals surface area contributed by atoms with E-state index in [1.54, 1.807) is 6.92 Å². The summed E-state index contributed by atoms with van der Waals surface area (Å²) < 4.78 is 64.2. The Kier molecular flexibility index (Phi) is 7.19. The minimum Gasteiger partial charge on any atom is -0.481 e. The Morgan fingerprint density at radius 2 is 2.06 bits per heavy atom. The maximum absolute atomic E-state index is 14.7. The van der Waals surface area contributed by atoms with E-state index >= 15 is 0 Å². The molecule has 2 heterocycles. The highest BCUT2D eigenvalue weighted by molar-refractivity contribution is 6.33. The van der Waals surface area contributed by atoms with Gasteiger partial charge in [-0.1, -0.05) is 17.7 Å². The van der Waals surface area contributed by atoms with Crippen LogP contribution >= 0.6 is 11.6 Å². The second-order valence-electron chi connectivity index (χ2n) is 7.48. The van der Waals surface area contributed by atoms with Crippen LogP contribution in [0.25, 0.3) is 0 Å². The highest BCUT2D eigenvalue weighted by Crippen LogP contribution is 2.33. The number of halogens is 5. The van der Waals surface area contributed by atoms with Crippen LogP contribution in [0.1, 0.15) is 47.4 Å². The van der Waals surface area contributed by atoms with Crippen molar-refractivity contribution in [2.45, 2.75) is 38.4 Å². The van der Waals surface area contributed by atoms with Crippen LogP contribution < -0.4 is 0 Å². The number of hydrogen-bond donors (Lipinski definition) is 0. The van der Waals surface area contributed by atoms with Gasteiger partial charge in [-0.05, 0) is 37.6 Å². The minimum atomic E-state index is -4.62. The molecule has 0 bridgehead atoms. The molecule has 1 aromatic heterocycles. The molecule has 1 aliphatic heterocycles. The van der Waals surface area contributed by atoms with Gasteiger partial charge in [-0.2, -0.15) is 13.2 Å². The molecule has 0 radical (unpaired) electrons. The van der Waals surface area contributed by atoms with Crippen molar-refractivity contribution in [3.05, 3.63) is 63.7 Å². The fraction of sp³-hybridized carbons (Fsp3) is 0.409. The average molecular weight is 473 g/mol.